The third-order valence-electron chi connectivity index (χ3n) is 7.70. The van der Waals surface area contributed by atoms with E-state index in [4.69, 9.17) is 9.47 Å². The van der Waals surface area contributed by atoms with Crippen molar-refractivity contribution in [1.82, 2.24) is 4.90 Å². The Bertz CT molecular complexity index is 1080. The first kappa shape index (κ1) is 24.7. The number of phenols is 1. The second-order valence-corrected chi connectivity index (χ2v) is 10.3. The average Bonchev–Trinajstić information content (AvgIpc) is 3.44. The largest absolute Gasteiger partial charge is 0.508 e. The molecule has 1 fully saturated rings. The van der Waals surface area contributed by atoms with Crippen molar-refractivity contribution in [3.63, 3.8) is 0 Å². The van der Waals surface area contributed by atoms with E-state index in [1.165, 1.54) is 69.3 Å². The quantitative estimate of drug-likeness (QED) is 0.294. The van der Waals surface area contributed by atoms with Crippen LogP contribution in [0.25, 0.3) is 0 Å². The van der Waals surface area contributed by atoms with Crippen LogP contribution in [0.15, 0.2) is 72.8 Å². The van der Waals surface area contributed by atoms with Gasteiger partial charge in [-0.3, -0.25) is 0 Å². The highest BCUT2D eigenvalue weighted by Gasteiger charge is 2.33. The van der Waals surface area contributed by atoms with Crippen molar-refractivity contribution >= 4 is 0 Å². The summed E-state index contributed by atoms with van der Waals surface area (Å²) in [5.41, 5.74) is 3.50. The molecule has 1 N–H and O–H groups in total. The molecule has 2 aliphatic heterocycles. The van der Waals surface area contributed by atoms with Gasteiger partial charge < -0.3 is 19.5 Å². The number of unbranched alkanes of at least 4 members (excludes halogenated alkanes) is 4. The van der Waals surface area contributed by atoms with E-state index in [1.54, 1.807) is 6.07 Å². The molecular weight excluding hydrogens is 446 g/mol. The Balaban J connectivity index is 1.16. The molecule has 0 spiro atoms. The Morgan fingerprint density at radius 3 is 2.36 bits per heavy atom. The molecule has 1 saturated heterocycles. The number of fused-ring (bicyclic) bond motifs is 1. The molecular formula is C32H39NO3. The lowest BCUT2D eigenvalue weighted by molar-refractivity contribution is 0.248. The molecule has 4 nitrogen and oxygen atoms in total. The summed E-state index contributed by atoms with van der Waals surface area (Å²) < 4.78 is 12.2. The number of rotatable bonds is 11. The molecule has 0 amide bonds. The summed E-state index contributed by atoms with van der Waals surface area (Å²) in [5.74, 6) is 2.33. The zero-order valence-electron chi connectivity index (χ0n) is 21.3. The van der Waals surface area contributed by atoms with E-state index in [0.29, 0.717) is 6.61 Å². The third-order valence-corrected chi connectivity index (χ3v) is 7.70. The van der Waals surface area contributed by atoms with Gasteiger partial charge in [0.25, 0.3) is 0 Å². The van der Waals surface area contributed by atoms with E-state index in [-0.39, 0.29) is 17.6 Å². The third kappa shape index (κ3) is 6.22. The van der Waals surface area contributed by atoms with Crippen LogP contribution >= 0.6 is 0 Å². The normalized spacial score (nSPS) is 19.6. The van der Waals surface area contributed by atoms with Crippen molar-refractivity contribution in [2.24, 2.45) is 0 Å². The monoisotopic (exact) mass is 485 g/mol. The molecule has 0 unspecified atom stereocenters. The highest BCUT2D eigenvalue weighted by molar-refractivity contribution is 5.51. The zero-order chi connectivity index (χ0) is 24.6. The molecule has 0 radical (unpaired) electrons. The number of likely N-dealkylation sites (tertiary alicyclic amines) is 1. The first-order valence-corrected chi connectivity index (χ1v) is 13.7. The number of benzene rings is 3. The van der Waals surface area contributed by atoms with Gasteiger partial charge >= 0.3 is 0 Å². The standard InChI is InChI=1S/C32H39NO3/c34-27-15-18-31-29(23-27)32(30(24-36-31)25-11-5-4-6-12-25)26-13-16-28(17-14-26)35-22-10-3-1-2-7-19-33-20-8-9-21-33/h4-6,11-18,23,30,32,34H,1-3,7-10,19-22,24H2/t30-,32+/m1/s1. The van der Waals surface area contributed by atoms with Crippen molar-refractivity contribution in [2.75, 3.05) is 32.8 Å². The average molecular weight is 486 g/mol. The van der Waals surface area contributed by atoms with E-state index < -0.39 is 0 Å². The van der Waals surface area contributed by atoms with Gasteiger partial charge in [0.1, 0.15) is 17.2 Å². The van der Waals surface area contributed by atoms with E-state index in [1.807, 2.05) is 18.2 Å². The molecule has 4 heteroatoms. The van der Waals surface area contributed by atoms with Crippen LogP contribution in [0.2, 0.25) is 0 Å². The van der Waals surface area contributed by atoms with Crippen molar-refractivity contribution in [3.05, 3.63) is 89.5 Å². The molecule has 0 saturated carbocycles. The highest BCUT2D eigenvalue weighted by Crippen LogP contribution is 2.47. The topological polar surface area (TPSA) is 41.9 Å². The minimum Gasteiger partial charge on any atom is -0.508 e. The number of hydrogen-bond acceptors (Lipinski definition) is 4. The van der Waals surface area contributed by atoms with Crippen LogP contribution < -0.4 is 9.47 Å². The molecule has 2 aliphatic rings. The first-order chi connectivity index (χ1) is 17.8. The molecule has 36 heavy (non-hydrogen) atoms. The number of ether oxygens (including phenoxy) is 2. The summed E-state index contributed by atoms with van der Waals surface area (Å²) in [6.07, 6.45) is 9.07. The second kappa shape index (κ2) is 12.3. The van der Waals surface area contributed by atoms with Gasteiger partial charge in [-0.2, -0.15) is 0 Å². The molecule has 3 aromatic carbocycles. The summed E-state index contributed by atoms with van der Waals surface area (Å²) in [6, 6.07) is 24.5. The van der Waals surface area contributed by atoms with Gasteiger partial charge in [-0.25, -0.2) is 0 Å². The lowest BCUT2D eigenvalue weighted by Crippen LogP contribution is -2.25. The van der Waals surface area contributed by atoms with E-state index >= 15 is 0 Å². The van der Waals surface area contributed by atoms with Crippen LogP contribution in [0.5, 0.6) is 17.2 Å². The molecule has 2 atom stereocenters. The summed E-state index contributed by atoms with van der Waals surface area (Å²) in [5, 5.41) is 10.2. The number of hydrogen-bond donors (Lipinski definition) is 1. The van der Waals surface area contributed by atoms with Crippen LogP contribution in [0.4, 0.5) is 0 Å². The molecule has 0 bridgehead atoms. The molecule has 5 rings (SSSR count). The minimum absolute atomic E-state index is 0.109. The Hall–Kier alpha value is -2.98. The maximum atomic E-state index is 10.2. The van der Waals surface area contributed by atoms with Crippen LogP contribution in [0, 0.1) is 0 Å². The minimum atomic E-state index is 0.109. The van der Waals surface area contributed by atoms with E-state index in [9.17, 15) is 5.11 Å². The lowest BCUT2D eigenvalue weighted by Gasteiger charge is -2.34. The summed E-state index contributed by atoms with van der Waals surface area (Å²) in [4.78, 5) is 2.61. The van der Waals surface area contributed by atoms with Crippen molar-refractivity contribution in [1.29, 1.82) is 0 Å². The van der Waals surface area contributed by atoms with Crippen molar-refractivity contribution < 1.29 is 14.6 Å². The van der Waals surface area contributed by atoms with Gasteiger partial charge in [0.2, 0.25) is 0 Å². The molecule has 0 aromatic heterocycles. The maximum Gasteiger partial charge on any atom is 0.123 e. The fourth-order valence-corrected chi connectivity index (χ4v) is 5.74. The predicted molar refractivity (Wildman–Crippen MR) is 145 cm³/mol. The summed E-state index contributed by atoms with van der Waals surface area (Å²) in [6.45, 7) is 5.28. The lowest BCUT2D eigenvalue weighted by atomic mass is 9.76. The zero-order valence-corrected chi connectivity index (χ0v) is 21.3. The van der Waals surface area contributed by atoms with Crippen LogP contribution in [0.1, 0.15) is 73.5 Å². The second-order valence-electron chi connectivity index (χ2n) is 10.3. The molecule has 2 heterocycles. The predicted octanol–water partition coefficient (Wildman–Crippen LogP) is 7.13. The van der Waals surface area contributed by atoms with Gasteiger partial charge in [0, 0.05) is 17.4 Å². The van der Waals surface area contributed by atoms with Crippen LogP contribution in [-0.4, -0.2) is 42.9 Å². The Morgan fingerprint density at radius 2 is 1.56 bits per heavy atom. The van der Waals surface area contributed by atoms with E-state index in [0.717, 1.165) is 30.1 Å². The molecule has 3 aromatic rings. The van der Waals surface area contributed by atoms with Gasteiger partial charge in [-0.15, -0.1) is 0 Å². The SMILES string of the molecule is Oc1ccc2c(c1)[C@H](c1ccc(OCCCCCCCN3CCCC3)cc1)[C@@H](c1ccccc1)CO2. The molecule has 190 valence electrons. The Kier molecular flexibility index (Phi) is 8.45. The summed E-state index contributed by atoms with van der Waals surface area (Å²) >= 11 is 0. The number of aromatic hydroxyl groups is 1. The fraction of sp³-hybridized carbons (Fsp3) is 0.438. The smallest absolute Gasteiger partial charge is 0.123 e. The number of phenolic OH excluding ortho intramolecular Hbond substituents is 1. The summed E-state index contributed by atoms with van der Waals surface area (Å²) in [7, 11) is 0. The first-order valence-electron chi connectivity index (χ1n) is 13.7. The van der Waals surface area contributed by atoms with Crippen molar-refractivity contribution in [2.45, 2.75) is 56.8 Å². The number of nitrogens with zero attached hydrogens (tertiary/aromatic N) is 1. The van der Waals surface area contributed by atoms with Crippen LogP contribution in [-0.2, 0) is 0 Å². The van der Waals surface area contributed by atoms with Gasteiger partial charge in [0.15, 0.2) is 0 Å². The van der Waals surface area contributed by atoms with Crippen LogP contribution in [0.3, 0.4) is 0 Å². The Morgan fingerprint density at radius 1 is 0.806 bits per heavy atom. The highest BCUT2D eigenvalue weighted by atomic mass is 16.5. The van der Waals surface area contributed by atoms with Crippen molar-refractivity contribution in [3.8, 4) is 17.2 Å². The van der Waals surface area contributed by atoms with Gasteiger partial charge in [0.05, 0.1) is 13.2 Å². The van der Waals surface area contributed by atoms with E-state index in [2.05, 4.69) is 53.4 Å². The fourth-order valence-electron chi connectivity index (χ4n) is 5.74. The van der Waals surface area contributed by atoms with Gasteiger partial charge in [-0.05, 0) is 86.8 Å². The molecule has 0 aliphatic carbocycles. The van der Waals surface area contributed by atoms with Gasteiger partial charge in [-0.1, -0.05) is 61.7 Å². The Labute approximate surface area is 215 Å². The maximum absolute atomic E-state index is 10.2.